The van der Waals surface area contributed by atoms with Gasteiger partial charge in [0.25, 0.3) is 0 Å². The highest BCUT2D eigenvalue weighted by molar-refractivity contribution is 6.42. The predicted molar refractivity (Wildman–Crippen MR) is 108 cm³/mol. The van der Waals surface area contributed by atoms with Crippen LogP contribution in [-0.2, 0) is 4.74 Å². The number of nitrogens with one attached hydrogen (secondary N) is 2. The molecule has 1 aliphatic carbocycles. The Morgan fingerprint density at radius 1 is 1.14 bits per heavy atom. The zero-order valence-corrected chi connectivity index (χ0v) is 15.9. The van der Waals surface area contributed by atoms with Crippen LogP contribution in [-0.4, -0.2) is 9.97 Å². The van der Waals surface area contributed by atoms with E-state index in [2.05, 4.69) is 20.6 Å². The molecule has 0 bridgehead atoms. The standard InChI is InChI=1S/C19H14Cl2FN5O/c20-13-3-1-11(8-14(13)21)25-18-15(22)9-24-19(27-18)26-10-2-4-17-12(7-10)16(23)5-6-28-17/h1-6,8-9H,7,23H2,(H2,24,25,26,27). The maximum atomic E-state index is 14.1. The first kappa shape index (κ1) is 18.3. The van der Waals surface area contributed by atoms with Crippen LogP contribution < -0.4 is 16.4 Å². The summed E-state index contributed by atoms with van der Waals surface area (Å²) < 4.78 is 19.6. The molecule has 0 spiro atoms. The first-order valence-electron chi connectivity index (χ1n) is 8.24. The molecule has 2 heterocycles. The van der Waals surface area contributed by atoms with Gasteiger partial charge in [-0.05, 0) is 36.4 Å². The number of halogens is 3. The van der Waals surface area contributed by atoms with E-state index >= 15 is 0 Å². The Morgan fingerprint density at radius 2 is 2.00 bits per heavy atom. The first-order chi connectivity index (χ1) is 13.5. The van der Waals surface area contributed by atoms with E-state index in [-0.39, 0.29) is 11.8 Å². The topological polar surface area (TPSA) is 85.1 Å². The molecule has 4 N–H and O–H groups in total. The van der Waals surface area contributed by atoms with Crippen molar-refractivity contribution in [3.8, 4) is 0 Å². The minimum atomic E-state index is -0.603. The fourth-order valence-electron chi connectivity index (χ4n) is 2.70. The summed E-state index contributed by atoms with van der Waals surface area (Å²) >= 11 is 11.9. The molecule has 2 aromatic rings. The van der Waals surface area contributed by atoms with Crippen LogP contribution in [0.25, 0.3) is 0 Å². The van der Waals surface area contributed by atoms with Gasteiger partial charge in [-0.3, -0.25) is 0 Å². The lowest BCUT2D eigenvalue weighted by molar-refractivity contribution is 0.351. The van der Waals surface area contributed by atoms with Gasteiger partial charge in [-0.25, -0.2) is 9.37 Å². The number of allylic oxidation sites excluding steroid dienone is 5. The van der Waals surface area contributed by atoms with E-state index in [0.717, 1.165) is 17.5 Å². The highest BCUT2D eigenvalue weighted by Gasteiger charge is 2.19. The third kappa shape index (κ3) is 3.81. The van der Waals surface area contributed by atoms with Crippen molar-refractivity contribution in [3.05, 3.63) is 87.5 Å². The van der Waals surface area contributed by atoms with Crippen LogP contribution in [0.2, 0.25) is 10.0 Å². The molecule has 1 aromatic carbocycles. The Kier molecular flexibility index (Phi) is 4.93. The number of nitrogens with zero attached hydrogens (tertiary/aromatic N) is 2. The van der Waals surface area contributed by atoms with Gasteiger partial charge in [0.15, 0.2) is 11.6 Å². The SMILES string of the molecule is NC1=C2CC(Nc3ncc(F)c(Nc4ccc(Cl)c(Cl)c4)n3)=CC=C2OC=C1. The van der Waals surface area contributed by atoms with E-state index < -0.39 is 5.82 Å². The number of hydrogen-bond donors (Lipinski definition) is 3. The minimum Gasteiger partial charge on any atom is -0.465 e. The molecule has 28 heavy (non-hydrogen) atoms. The molecule has 9 heteroatoms. The Morgan fingerprint density at radius 3 is 2.82 bits per heavy atom. The van der Waals surface area contributed by atoms with Crippen LogP contribution in [0.1, 0.15) is 6.42 Å². The van der Waals surface area contributed by atoms with Gasteiger partial charge in [0.05, 0.1) is 22.5 Å². The van der Waals surface area contributed by atoms with Crippen LogP contribution in [0.15, 0.2) is 71.6 Å². The molecule has 6 nitrogen and oxygen atoms in total. The molecule has 1 aromatic heterocycles. The van der Waals surface area contributed by atoms with Crippen molar-refractivity contribution >= 4 is 40.7 Å². The van der Waals surface area contributed by atoms with Gasteiger partial charge in [0, 0.05) is 29.1 Å². The molecule has 0 saturated carbocycles. The number of nitrogens with two attached hydrogens (primary N) is 1. The molecular weight excluding hydrogens is 404 g/mol. The minimum absolute atomic E-state index is 0.00573. The van der Waals surface area contributed by atoms with Crippen molar-refractivity contribution < 1.29 is 9.13 Å². The summed E-state index contributed by atoms with van der Waals surface area (Å²) in [5, 5.41) is 6.71. The number of rotatable bonds is 4. The monoisotopic (exact) mass is 417 g/mol. The lowest BCUT2D eigenvalue weighted by atomic mass is 9.99. The van der Waals surface area contributed by atoms with Crippen molar-refractivity contribution in [3.63, 3.8) is 0 Å². The molecule has 142 valence electrons. The smallest absolute Gasteiger partial charge is 0.229 e. The second-order valence-corrected chi connectivity index (χ2v) is 6.84. The van der Waals surface area contributed by atoms with Crippen LogP contribution in [0.5, 0.6) is 0 Å². The number of benzene rings is 1. The number of ether oxygens (including phenoxy) is 1. The zero-order valence-electron chi connectivity index (χ0n) is 14.3. The molecule has 0 radical (unpaired) electrons. The van der Waals surface area contributed by atoms with E-state index in [0.29, 0.717) is 33.6 Å². The van der Waals surface area contributed by atoms with Crippen molar-refractivity contribution in [2.75, 3.05) is 10.6 Å². The van der Waals surface area contributed by atoms with E-state index in [1.165, 1.54) is 0 Å². The quantitative estimate of drug-likeness (QED) is 0.648. The Bertz CT molecular complexity index is 1080. The first-order valence-corrected chi connectivity index (χ1v) is 9.00. The van der Waals surface area contributed by atoms with E-state index in [9.17, 15) is 4.39 Å². The van der Waals surface area contributed by atoms with Crippen molar-refractivity contribution in [2.24, 2.45) is 5.73 Å². The third-order valence-electron chi connectivity index (χ3n) is 4.09. The van der Waals surface area contributed by atoms with E-state index in [4.69, 9.17) is 33.7 Å². The summed E-state index contributed by atoms with van der Waals surface area (Å²) in [6.45, 7) is 0. The fourth-order valence-corrected chi connectivity index (χ4v) is 3.00. The normalized spacial score (nSPS) is 15.4. The summed E-state index contributed by atoms with van der Waals surface area (Å²) in [5.74, 6) is 0.339. The molecule has 0 atom stereocenters. The summed E-state index contributed by atoms with van der Waals surface area (Å²) in [6.07, 6.45) is 8.47. The van der Waals surface area contributed by atoms with Crippen LogP contribution in [0.4, 0.5) is 21.8 Å². The zero-order chi connectivity index (χ0) is 19.7. The average molecular weight is 418 g/mol. The second-order valence-electron chi connectivity index (χ2n) is 6.02. The number of anilines is 3. The lowest BCUT2D eigenvalue weighted by Crippen LogP contribution is -2.14. The highest BCUT2D eigenvalue weighted by atomic mass is 35.5. The van der Waals surface area contributed by atoms with E-state index in [1.54, 1.807) is 36.6 Å². The summed E-state index contributed by atoms with van der Waals surface area (Å²) in [6, 6.07) is 4.87. The Hall–Kier alpha value is -3.03. The van der Waals surface area contributed by atoms with Gasteiger partial charge in [0.2, 0.25) is 5.95 Å². The predicted octanol–water partition coefficient (Wildman–Crippen LogP) is 5.01. The number of hydrogen-bond acceptors (Lipinski definition) is 6. The van der Waals surface area contributed by atoms with Gasteiger partial charge in [0.1, 0.15) is 5.76 Å². The lowest BCUT2D eigenvalue weighted by Gasteiger charge is -2.22. The molecule has 0 amide bonds. The molecular formula is C19H14Cl2FN5O. The van der Waals surface area contributed by atoms with Gasteiger partial charge >= 0.3 is 0 Å². The van der Waals surface area contributed by atoms with Crippen LogP contribution >= 0.6 is 23.2 Å². The van der Waals surface area contributed by atoms with E-state index in [1.807, 2.05) is 6.08 Å². The third-order valence-corrected chi connectivity index (χ3v) is 4.83. The van der Waals surface area contributed by atoms with Crippen molar-refractivity contribution in [1.29, 1.82) is 0 Å². The highest BCUT2D eigenvalue weighted by Crippen LogP contribution is 2.31. The van der Waals surface area contributed by atoms with Gasteiger partial charge < -0.3 is 21.1 Å². The van der Waals surface area contributed by atoms with Gasteiger partial charge in [-0.1, -0.05) is 23.2 Å². The van der Waals surface area contributed by atoms with Crippen LogP contribution in [0.3, 0.4) is 0 Å². The molecule has 0 fully saturated rings. The molecule has 0 saturated heterocycles. The number of aromatic nitrogens is 2. The van der Waals surface area contributed by atoms with Crippen molar-refractivity contribution in [2.45, 2.75) is 6.42 Å². The average Bonchev–Trinajstić information content (AvgIpc) is 2.68. The molecule has 0 unspecified atom stereocenters. The maximum absolute atomic E-state index is 14.1. The molecule has 2 aliphatic rings. The van der Waals surface area contributed by atoms with Crippen LogP contribution in [0, 0.1) is 5.82 Å². The summed E-state index contributed by atoms with van der Waals surface area (Å²) in [5.41, 5.74) is 8.85. The maximum Gasteiger partial charge on any atom is 0.229 e. The van der Waals surface area contributed by atoms with Gasteiger partial charge in [-0.2, -0.15) is 4.98 Å². The van der Waals surface area contributed by atoms with Gasteiger partial charge in [-0.15, -0.1) is 0 Å². The summed E-state index contributed by atoms with van der Waals surface area (Å²) in [4.78, 5) is 8.19. The molecule has 1 aliphatic heterocycles. The Labute approximate surface area is 170 Å². The van der Waals surface area contributed by atoms with Crippen molar-refractivity contribution in [1.82, 2.24) is 9.97 Å². The molecule has 4 rings (SSSR count). The fraction of sp³-hybridized carbons (Fsp3) is 0.0526. The Balaban J connectivity index is 1.54. The largest absolute Gasteiger partial charge is 0.465 e. The summed E-state index contributed by atoms with van der Waals surface area (Å²) in [7, 11) is 0. The number of fused-ring (bicyclic) bond motifs is 1. The second kappa shape index (κ2) is 7.53.